The molecular weight excluding hydrogens is 347 g/mol. The minimum absolute atomic E-state index is 0.00853. The standard InChI is InChI=1S/C13H12Cl2N4O2S/c1-2-21-12(20)11(9-6-22-13(16)17-9)19-18-10-7(14)4-3-5-8(10)15/h3-6,18H,2H2,1H3,(H2,16,17). The molecule has 116 valence electrons. The van der Waals surface area contributed by atoms with Crippen molar-refractivity contribution in [3.63, 3.8) is 0 Å². The second-order valence-electron chi connectivity index (χ2n) is 3.96. The summed E-state index contributed by atoms with van der Waals surface area (Å²) < 4.78 is 4.96. The molecule has 0 fully saturated rings. The summed E-state index contributed by atoms with van der Waals surface area (Å²) in [5.74, 6) is -0.622. The van der Waals surface area contributed by atoms with Crippen molar-refractivity contribution in [2.75, 3.05) is 17.8 Å². The Morgan fingerprint density at radius 1 is 1.45 bits per heavy atom. The molecule has 6 nitrogen and oxygen atoms in total. The van der Waals surface area contributed by atoms with Crippen LogP contribution in [-0.2, 0) is 9.53 Å². The van der Waals surface area contributed by atoms with Gasteiger partial charge in [0.2, 0.25) is 0 Å². The molecule has 3 N–H and O–H groups in total. The first-order chi connectivity index (χ1) is 10.5. The van der Waals surface area contributed by atoms with Crippen LogP contribution >= 0.6 is 34.5 Å². The number of anilines is 2. The van der Waals surface area contributed by atoms with Crippen molar-refractivity contribution in [1.29, 1.82) is 0 Å². The molecule has 0 aliphatic carbocycles. The number of thiazole rings is 1. The van der Waals surface area contributed by atoms with Gasteiger partial charge in [0.05, 0.1) is 22.3 Å². The molecule has 0 bridgehead atoms. The Kier molecular flexibility index (Phi) is 5.59. The minimum atomic E-state index is -0.622. The van der Waals surface area contributed by atoms with Gasteiger partial charge in [-0.05, 0) is 19.1 Å². The number of rotatable bonds is 5. The maximum Gasteiger partial charge on any atom is 0.361 e. The Labute approximate surface area is 140 Å². The summed E-state index contributed by atoms with van der Waals surface area (Å²) in [4.78, 5) is 16.0. The number of nitrogens with one attached hydrogen (secondary N) is 1. The number of esters is 1. The van der Waals surface area contributed by atoms with Crippen molar-refractivity contribution in [3.05, 3.63) is 39.3 Å². The third-order valence-corrected chi connectivity index (χ3v) is 3.78. The summed E-state index contributed by atoms with van der Waals surface area (Å²) in [6.07, 6.45) is 0. The molecule has 0 atom stereocenters. The predicted octanol–water partition coefficient (Wildman–Crippen LogP) is 3.41. The molecule has 0 aliphatic rings. The average Bonchev–Trinajstić information content (AvgIpc) is 2.88. The zero-order chi connectivity index (χ0) is 16.1. The van der Waals surface area contributed by atoms with Crippen molar-refractivity contribution < 1.29 is 9.53 Å². The summed E-state index contributed by atoms with van der Waals surface area (Å²) in [5.41, 5.74) is 8.95. The Hall–Kier alpha value is -1.83. The number of nitrogen functional groups attached to an aromatic ring is 1. The van der Waals surface area contributed by atoms with Gasteiger partial charge in [0.15, 0.2) is 10.8 Å². The Balaban J connectivity index is 2.34. The van der Waals surface area contributed by atoms with Crippen LogP contribution in [0.2, 0.25) is 10.0 Å². The van der Waals surface area contributed by atoms with Gasteiger partial charge in [0, 0.05) is 5.38 Å². The molecule has 0 radical (unpaired) electrons. The van der Waals surface area contributed by atoms with Crippen LogP contribution in [0, 0.1) is 0 Å². The molecule has 0 spiro atoms. The van der Waals surface area contributed by atoms with E-state index in [1.807, 2.05) is 0 Å². The molecule has 2 rings (SSSR count). The lowest BCUT2D eigenvalue weighted by atomic mass is 10.3. The number of aromatic nitrogens is 1. The monoisotopic (exact) mass is 358 g/mol. The predicted molar refractivity (Wildman–Crippen MR) is 89.8 cm³/mol. The van der Waals surface area contributed by atoms with E-state index in [-0.39, 0.29) is 12.3 Å². The highest BCUT2D eigenvalue weighted by Gasteiger charge is 2.19. The normalized spacial score (nSPS) is 11.3. The molecular formula is C13H12Cl2N4O2S. The molecule has 1 aromatic carbocycles. The van der Waals surface area contributed by atoms with Crippen molar-refractivity contribution in [3.8, 4) is 0 Å². The van der Waals surface area contributed by atoms with E-state index in [4.69, 9.17) is 33.7 Å². The fourth-order valence-corrected chi connectivity index (χ4v) is 2.55. The van der Waals surface area contributed by atoms with E-state index in [0.29, 0.717) is 26.6 Å². The van der Waals surface area contributed by atoms with Crippen LogP contribution in [0.5, 0.6) is 0 Å². The van der Waals surface area contributed by atoms with Gasteiger partial charge in [-0.15, -0.1) is 11.3 Å². The van der Waals surface area contributed by atoms with E-state index in [9.17, 15) is 4.79 Å². The van der Waals surface area contributed by atoms with E-state index >= 15 is 0 Å². The van der Waals surface area contributed by atoms with E-state index < -0.39 is 5.97 Å². The Morgan fingerprint density at radius 3 is 2.68 bits per heavy atom. The second kappa shape index (κ2) is 7.44. The number of benzene rings is 1. The number of hydrogen-bond acceptors (Lipinski definition) is 7. The first kappa shape index (κ1) is 16.5. The molecule has 9 heteroatoms. The molecule has 1 heterocycles. The van der Waals surface area contributed by atoms with Gasteiger partial charge >= 0.3 is 5.97 Å². The largest absolute Gasteiger partial charge is 0.461 e. The number of para-hydroxylation sites is 1. The lowest BCUT2D eigenvalue weighted by Crippen LogP contribution is -2.20. The van der Waals surface area contributed by atoms with Crippen molar-refractivity contribution in [2.24, 2.45) is 5.10 Å². The number of hydrogen-bond donors (Lipinski definition) is 2. The van der Waals surface area contributed by atoms with Crippen LogP contribution in [0.15, 0.2) is 28.7 Å². The quantitative estimate of drug-likeness (QED) is 0.485. The fourth-order valence-electron chi connectivity index (χ4n) is 1.52. The number of halogens is 2. The fraction of sp³-hybridized carbons (Fsp3) is 0.154. The summed E-state index contributed by atoms with van der Waals surface area (Å²) in [6, 6.07) is 5.00. The summed E-state index contributed by atoms with van der Waals surface area (Å²) in [6.45, 7) is 1.91. The number of carbonyl (C=O) groups is 1. The third-order valence-electron chi connectivity index (χ3n) is 2.48. The zero-order valence-corrected chi connectivity index (χ0v) is 13.8. The highest BCUT2D eigenvalue weighted by atomic mass is 35.5. The molecule has 1 aromatic heterocycles. The molecule has 0 saturated heterocycles. The van der Waals surface area contributed by atoms with E-state index in [2.05, 4.69) is 15.5 Å². The van der Waals surface area contributed by atoms with Crippen LogP contribution < -0.4 is 11.2 Å². The molecule has 0 amide bonds. The smallest absolute Gasteiger partial charge is 0.361 e. The Morgan fingerprint density at radius 2 is 2.14 bits per heavy atom. The summed E-state index contributed by atoms with van der Waals surface area (Å²) in [5, 5.41) is 6.71. The van der Waals surface area contributed by atoms with Crippen molar-refractivity contribution >= 4 is 57.0 Å². The number of carbonyl (C=O) groups excluding carboxylic acids is 1. The first-order valence-corrected chi connectivity index (χ1v) is 7.82. The van der Waals surface area contributed by atoms with Crippen LogP contribution in [0.4, 0.5) is 10.8 Å². The van der Waals surface area contributed by atoms with Gasteiger partial charge < -0.3 is 10.5 Å². The maximum atomic E-state index is 12.0. The lowest BCUT2D eigenvalue weighted by Gasteiger charge is -2.08. The van der Waals surface area contributed by atoms with Crippen molar-refractivity contribution in [1.82, 2.24) is 4.98 Å². The molecule has 0 unspecified atom stereocenters. The summed E-state index contributed by atoms with van der Waals surface area (Å²) >= 11 is 13.3. The van der Waals surface area contributed by atoms with Gasteiger partial charge in [-0.25, -0.2) is 9.78 Å². The maximum absolute atomic E-state index is 12.0. The third kappa shape index (κ3) is 3.88. The topological polar surface area (TPSA) is 89.6 Å². The van der Waals surface area contributed by atoms with Gasteiger partial charge in [-0.2, -0.15) is 5.10 Å². The lowest BCUT2D eigenvalue weighted by molar-refractivity contribution is -0.134. The van der Waals surface area contributed by atoms with Gasteiger partial charge in [-0.1, -0.05) is 29.3 Å². The minimum Gasteiger partial charge on any atom is -0.461 e. The zero-order valence-electron chi connectivity index (χ0n) is 11.5. The first-order valence-electron chi connectivity index (χ1n) is 6.19. The SMILES string of the molecule is CCOC(=O)C(=NNc1c(Cl)cccc1Cl)c1csc(N)n1. The molecule has 2 aromatic rings. The number of hydrazone groups is 1. The summed E-state index contributed by atoms with van der Waals surface area (Å²) in [7, 11) is 0. The highest BCUT2D eigenvalue weighted by molar-refractivity contribution is 7.13. The van der Waals surface area contributed by atoms with Crippen LogP contribution in [0.25, 0.3) is 0 Å². The van der Waals surface area contributed by atoms with Crippen molar-refractivity contribution in [2.45, 2.75) is 6.92 Å². The van der Waals surface area contributed by atoms with Crippen LogP contribution in [0.3, 0.4) is 0 Å². The van der Waals surface area contributed by atoms with E-state index in [1.165, 1.54) is 11.3 Å². The molecule has 22 heavy (non-hydrogen) atoms. The average molecular weight is 359 g/mol. The van der Waals surface area contributed by atoms with Crippen LogP contribution in [-0.4, -0.2) is 23.3 Å². The molecule has 0 aliphatic heterocycles. The van der Waals surface area contributed by atoms with Gasteiger partial charge in [0.1, 0.15) is 5.69 Å². The van der Waals surface area contributed by atoms with Gasteiger partial charge in [-0.3, -0.25) is 5.43 Å². The number of nitrogens with zero attached hydrogens (tertiary/aromatic N) is 2. The van der Waals surface area contributed by atoms with Gasteiger partial charge in [0.25, 0.3) is 0 Å². The molecule has 0 saturated carbocycles. The second-order valence-corrected chi connectivity index (χ2v) is 5.66. The Bertz CT molecular complexity index is 698. The van der Waals surface area contributed by atoms with Crippen LogP contribution in [0.1, 0.15) is 12.6 Å². The van der Waals surface area contributed by atoms with E-state index in [1.54, 1.807) is 30.5 Å². The number of nitrogens with two attached hydrogens (primary N) is 1. The highest BCUT2D eigenvalue weighted by Crippen LogP contribution is 2.29. The number of ether oxygens (including phenoxy) is 1. The van der Waals surface area contributed by atoms with E-state index in [0.717, 1.165) is 0 Å².